The summed E-state index contributed by atoms with van der Waals surface area (Å²) in [6.45, 7) is 2.28. The Morgan fingerprint density at radius 2 is 1.33 bits per heavy atom. The van der Waals surface area contributed by atoms with Crippen molar-refractivity contribution in [2.24, 2.45) is 0 Å². The van der Waals surface area contributed by atoms with Gasteiger partial charge in [0, 0.05) is 0 Å². The van der Waals surface area contributed by atoms with E-state index < -0.39 is 14.7 Å². The Hall–Kier alpha value is 0.448. The average Bonchev–Trinajstić information content (AvgIpc) is 2.43. The number of hydrogen-bond acceptors (Lipinski definition) is 1. The molecule has 0 aliphatic heterocycles. The van der Waals surface area contributed by atoms with E-state index in [2.05, 4.69) is 18.3 Å². The molecule has 21 heavy (non-hydrogen) atoms. The summed E-state index contributed by atoms with van der Waals surface area (Å²) in [4.78, 5) is 0. The zero-order valence-electron chi connectivity index (χ0n) is 14.6. The minimum atomic E-state index is -0.588. The predicted molar refractivity (Wildman–Crippen MR) is 102 cm³/mol. The first-order valence-electron chi connectivity index (χ1n) is 8.96. The van der Waals surface area contributed by atoms with Gasteiger partial charge >= 0.3 is 144 Å². The molecular formula is C18H37AsOS. The molecule has 0 spiro atoms. The van der Waals surface area contributed by atoms with Crippen molar-refractivity contribution < 1.29 is 5.11 Å². The number of aliphatic hydroxyl groups excluding tert-OH is 1. The summed E-state index contributed by atoms with van der Waals surface area (Å²) >= 11 is 4.14. The third-order valence-corrected chi connectivity index (χ3v) is 8.65. The second-order valence-electron chi connectivity index (χ2n) is 6.52. The van der Waals surface area contributed by atoms with Gasteiger partial charge in [0.1, 0.15) is 0 Å². The van der Waals surface area contributed by atoms with Crippen molar-refractivity contribution in [1.82, 2.24) is 0 Å². The summed E-state index contributed by atoms with van der Waals surface area (Å²) in [7, 11) is 0. The Labute approximate surface area is 143 Å². The van der Waals surface area contributed by atoms with Crippen molar-refractivity contribution in [3.8, 4) is 0 Å². The molecule has 1 unspecified atom stereocenters. The molecule has 0 fully saturated rings. The number of thiocarbonyl (C=S) groups is 1. The summed E-state index contributed by atoms with van der Waals surface area (Å²) in [5.74, 6) is 0. The van der Waals surface area contributed by atoms with Crippen molar-refractivity contribution in [1.29, 1.82) is 0 Å². The van der Waals surface area contributed by atoms with Gasteiger partial charge in [-0.1, -0.05) is 0 Å². The first kappa shape index (κ1) is 21.4. The Morgan fingerprint density at radius 1 is 0.857 bits per heavy atom. The number of aliphatic hydroxyl groups is 1. The molecule has 0 rings (SSSR count). The van der Waals surface area contributed by atoms with Gasteiger partial charge in [-0.2, -0.15) is 0 Å². The second kappa shape index (κ2) is 15.3. The third-order valence-electron chi connectivity index (χ3n) is 4.30. The van der Waals surface area contributed by atoms with Gasteiger partial charge in [0.2, 0.25) is 0 Å². The molecule has 0 radical (unpaired) electrons. The number of hydrogen-bond donors (Lipinski definition) is 1. The third kappa shape index (κ3) is 15.1. The van der Waals surface area contributed by atoms with E-state index in [1.165, 1.54) is 70.6 Å². The van der Waals surface area contributed by atoms with Gasteiger partial charge in [-0.25, -0.2) is 0 Å². The molecule has 0 amide bonds. The summed E-state index contributed by atoms with van der Waals surface area (Å²) < 4.78 is 1.00. The summed E-state index contributed by atoms with van der Waals surface area (Å²) in [6.07, 6.45) is 17.3. The molecule has 1 N–H and O–H groups in total. The van der Waals surface area contributed by atoms with Gasteiger partial charge in [0.25, 0.3) is 0 Å². The van der Waals surface area contributed by atoms with Crippen LogP contribution in [-0.2, 0) is 0 Å². The molecule has 0 aliphatic rings. The van der Waals surface area contributed by atoms with E-state index >= 15 is 0 Å². The Morgan fingerprint density at radius 3 is 1.81 bits per heavy atom. The van der Waals surface area contributed by atoms with Crippen LogP contribution in [0.4, 0.5) is 0 Å². The maximum atomic E-state index is 9.05. The van der Waals surface area contributed by atoms with E-state index in [1.807, 2.05) is 0 Å². The molecule has 1 nitrogen and oxygen atoms in total. The van der Waals surface area contributed by atoms with E-state index in [0.717, 1.165) is 17.5 Å². The van der Waals surface area contributed by atoms with Crippen molar-refractivity contribution in [3.05, 3.63) is 0 Å². The zero-order chi connectivity index (χ0) is 15.9. The summed E-state index contributed by atoms with van der Waals surface area (Å²) in [5, 5.41) is 9.24. The molecule has 0 bridgehead atoms. The first-order chi connectivity index (χ1) is 10.1. The fourth-order valence-corrected chi connectivity index (χ4v) is 5.91. The zero-order valence-corrected chi connectivity index (χ0v) is 17.3. The van der Waals surface area contributed by atoms with Gasteiger partial charge in [0.15, 0.2) is 0 Å². The van der Waals surface area contributed by atoms with Crippen LogP contribution >= 0.6 is 12.2 Å². The van der Waals surface area contributed by atoms with E-state index in [4.69, 9.17) is 17.3 Å². The Kier molecular flexibility index (Phi) is 15.7. The van der Waals surface area contributed by atoms with Crippen LogP contribution in [0.3, 0.4) is 0 Å². The quantitative estimate of drug-likeness (QED) is 0.187. The molecule has 0 saturated carbocycles. The van der Waals surface area contributed by atoms with Crippen molar-refractivity contribution in [3.63, 3.8) is 0 Å². The fraction of sp³-hybridized carbons (Fsp3) is 0.944. The van der Waals surface area contributed by atoms with Gasteiger partial charge < -0.3 is 0 Å². The fourth-order valence-electron chi connectivity index (χ4n) is 2.83. The van der Waals surface area contributed by atoms with Crippen LogP contribution < -0.4 is 0 Å². The van der Waals surface area contributed by atoms with Gasteiger partial charge in [-0.05, 0) is 0 Å². The van der Waals surface area contributed by atoms with E-state index in [1.54, 1.807) is 0 Å². The Bertz CT molecular complexity index is 243. The molecule has 0 aromatic carbocycles. The molecule has 126 valence electrons. The number of rotatable bonds is 15. The van der Waals surface area contributed by atoms with Crippen molar-refractivity contribution in [2.45, 2.75) is 107 Å². The molecule has 3 heteroatoms. The minimum absolute atomic E-state index is 0.192. The van der Waals surface area contributed by atoms with Crippen molar-refractivity contribution in [2.75, 3.05) is 0 Å². The SMILES string of the molecule is CCCCCCCCCCC(CCCCC(O)=S)[As](C)C. The van der Waals surface area contributed by atoms with Crippen molar-refractivity contribution >= 4 is 31.9 Å². The van der Waals surface area contributed by atoms with E-state index in [-0.39, 0.29) is 5.05 Å². The van der Waals surface area contributed by atoms with E-state index in [9.17, 15) is 0 Å². The van der Waals surface area contributed by atoms with Gasteiger partial charge in [-0.3, -0.25) is 0 Å². The summed E-state index contributed by atoms with van der Waals surface area (Å²) in [5.41, 5.74) is 5.00. The maximum absolute atomic E-state index is 9.05. The molecule has 0 aromatic heterocycles. The topological polar surface area (TPSA) is 20.2 Å². The molecule has 0 saturated heterocycles. The predicted octanol–water partition coefficient (Wildman–Crippen LogP) is 7.09. The normalized spacial score (nSPS) is 12.8. The van der Waals surface area contributed by atoms with Crippen LogP contribution in [-0.4, -0.2) is 24.8 Å². The van der Waals surface area contributed by atoms with Crippen LogP contribution in [0.5, 0.6) is 0 Å². The molecule has 0 aromatic rings. The monoisotopic (exact) mass is 376 g/mol. The van der Waals surface area contributed by atoms with Crippen LogP contribution in [0.1, 0.15) is 90.4 Å². The average molecular weight is 376 g/mol. The van der Waals surface area contributed by atoms with E-state index in [0.29, 0.717) is 0 Å². The molecule has 1 atom stereocenters. The first-order valence-corrected chi connectivity index (χ1v) is 14.2. The van der Waals surface area contributed by atoms with Crippen LogP contribution in [0.2, 0.25) is 16.1 Å². The molecular weight excluding hydrogens is 339 g/mol. The second-order valence-corrected chi connectivity index (χ2v) is 12.6. The molecule has 0 heterocycles. The van der Waals surface area contributed by atoms with Crippen LogP contribution in [0, 0.1) is 0 Å². The standard InChI is InChI=1S/C18H37AsOS/c1-4-5-6-7-8-9-10-11-14-17(19(2)3)15-12-13-16-18(20)21/h17H,4-16H2,1-3H3,(H,20,21). The number of unbranched alkanes of at least 4 members (excludes halogenated alkanes) is 8. The van der Waals surface area contributed by atoms with Gasteiger partial charge in [-0.15, -0.1) is 0 Å². The Balaban J connectivity index is 3.54. The van der Waals surface area contributed by atoms with Crippen LogP contribution in [0.15, 0.2) is 0 Å². The van der Waals surface area contributed by atoms with Gasteiger partial charge in [0.05, 0.1) is 0 Å². The van der Waals surface area contributed by atoms with Crippen LogP contribution in [0.25, 0.3) is 0 Å². The summed E-state index contributed by atoms with van der Waals surface area (Å²) in [6, 6.07) is 0. The molecule has 0 aliphatic carbocycles.